The summed E-state index contributed by atoms with van der Waals surface area (Å²) < 4.78 is 3.29. The van der Waals surface area contributed by atoms with Crippen LogP contribution in [-0.4, -0.2) is 10.5 Å². The zero-order chi connectivity index (χ0) is 21.9. The highest BCUT2D eigenvalue weighted by molar-refractivity contribution is 7.16. The van der Waals surface area contributed by atoms with E-state index in [1.807, 2.05) is 55.5 Å². The molecule has 0 spiro atoms. The smallest absolute Gasteiger partial charge is 0.279 e. The van der Waals surface area contributed by atoms with Crippen molar-refractivity contribution in [1.29, 1.82) is 0 Å². The van der Waals surface area contributed by atoms with Crippen LogP contribution in [0.25, 0.3) is 10.2 Å². The molecule has 0 saturated carbocycles. The van der Waals surface area contributed by atoms with Crippen LogP contribution in [0.2, 0.25) is 0 Å². The largest absolute Gasteiger partial charge is 0.305 e. The quantitative estimate of drug-likeness (QED) is 0.323. The van der Waals surface area contributed by atoms with Gasteiger partial charge in [-0.25, -0.2) is 0 Å². The van der Waals surface area contributed by atoms with Gasteiger partial charge in [-0.15, -0.1) is 0 Å². The predicted molar refractivity (Wildman–Crippen MR) is 131 cm³/mol. The molecule has 156 valence electrons. The summed E-state index contributed by atoms with van der Waals surface area (Å²) in [6.45, 7) is 2.01. The summed E-state index contributed by atoms with van der Waals surface area (Å²) in [5.41, 5.74) is 5.06. The lowest BCUT2D eigenvalue weighted by atomic mass is 9.98. The summed E-state index contributed by atoms with van der Waals surface area (Å²) in [4.78, 5) is 18.4. The second-order valence-corrected chi connectivity index (χ2v) is 8.74. The van der Waals surface area contributed by atoms with Gasteiger partial charge in [0, 0.05) is 5.56 Å². The second-order valence-electron chi connectivity index (χ2n) is 7.73. The van der Waals surface area contributed by atoms with Crippen LogP contribution >= 0.6 is 11.3 Å². The van der Waals surface area contributed by atoms with Crippen molar-refractivity contribution >= 4 is 27.5 Å². The van der Waals surface area contributed by atoms with Crippen molar-refractivity contribution in [3.05, 3.63) is 136 Å². The maximum absolute atomic E-state index is 13.1. The minimum absolute atomic E-state index is 0.0990. The molecule has 1 aromatic heterocycles. The fourth-order valence-electron chi connectivity index (χ4n) is 3.93. The number of para-hydroxylation sites is 1. The molecule has 4 aromatic carbocycles. The van der Waals surface area contributed by atoms with Crippen LogP contribution in [0, 0.1) is 6.92 Å². The van der Waals surface area contributed by atoms with Gasteiger partial charge >= 0.3 is 0 Å². The van der Waals surface area contributed by atoms with Gasteiger partial charge in [-0.1, -0.05) is 102 Å². The van der Waals surface area contributed by atoms with Crippen LogP contribution in [0.5, 0.6) is 0 Å². The highest BCUT2D eigenvalue weighted by Gasteiger charge is 2.21. The molecule has 0 radical (unpaired) electrons. The number of rotatable bonds is 4. The molecule has 1 heterocycles. The number of carbonyl (C=O) groups excluding carboxylic acids is 1. The summed E-state index contributed by atoms with van der Waals surface area (Å²) >= 11 is 1.54. The summed E-state index contributed by atoms with van der Waals surface area (Å²) in [5.74, 6) is -0.231. The normalized spacial score (nSPS) is 11.9. The lowest BCUT2D eigenvalue weighted by Crippen LogP contribution is -2.24. The first kappa shape index (κ1) is 20.2. The van der Waals surface area contributed by atoms with E-state index in [-0.39, 0.29) is 11.9 Å². The van der Waals surface area contributed by atoms with Crippen molar-refractivity contribution in [1.82, 2.24) is 4.57 Å². The third-order valence-corrected chi connectivity index (χ3v) is 6.55. The van der Waals surface area contributed by atoms with Crippen molar-refractivity contribution in [2.24, 2.45) is 4.99 Å². The number of aromatic nitrogens is 1. The van der Waals surface area contributed by atoms with Gasteiger partial charge in [0.15, 0.2) is 4.80 Å². The first-order valence-electron chi connectivity index (χ1n) is 10.6. The van der Waals surface area contributed by atoms with E-state index in [0.717, 1.165) is 26.9 Å². The number of hydrogen-bond donors (Lipinski definition) is 0. The first-order valence-corrected chi connectivity index (χ1v) is 11.4. The van der Waals surface area contributed by atoms with E-state index in [2.05, 4.69) is 70.2 Å². The molecule has 32 heavy (non-hydrogen) atoms. The molecule has 0 fully saturated rings. The van der Waals surface area contributed by atoms with E-state index in [1.54, 1.807) is 11.3 Å². The van der Waals surface area contributed by atoms with Gasteiger partial charge in [0.05, 0.1) is 16.3 Å². The number of aryl methyl sites for hydroxylation is 1. The minimum Gasteiger partial charge on any atom is -0.305 e. The van der Waals surface area contributed by atoms with Crippen molar-refractivity contribution in [3.8, 4) is 0 Å². The Hall–Kier alpha value is -3.76. The Bertz CT molecular complexity index is 1390. The van der Waals surface area contributed by atoms with E-state index < -0.39 is 0 Å². The minimum atomic E-state index is -0.231. The van der Waals surface area contributed by atoms with Gasteiger partial charge in [-0.3, -0.25) is 4.79 Å². The molecule has 0 N–H and O–H groups in total. The summed E-state index contributed by atoms with van der Waals surface area (Å²) in [6, 6.07) is 36.5. The highest BCUT2D eigenvalue weighted by Crippen LogP contribution is 2.30. The Morgan fingerprint density at radius 2 is 1.31 bits per heavy atom. The van der Waals surface area contributed by atoms with E-state index >= 15 is 0 Å². The molecule has 0 bridgehead atoms. The van der Waals surface area contributed by atoms with Gasteiger partial charge < -0.3 is 4.57 Å². The number of benzene rings is 4. The number of nitrogens with zero attached hydrogens (tertiary/aromatic N) is 2. The molecule has 3 nitrogen and oxygen atoms in total. The van der Waals surface area contributed by atoms with Crippen molar-refractivity contribution in [2.75, 3.05) is 0 Å². The number of carbonyl (C=O) groups is 1. The van der Waals surface area contributed by atoms with Gasteiger partial charge in [-0.2, -0.15) is 4.99 Å². The van der Waals surface area contributed by atoms with Crippen molar-refractivity contribution < 1.29 is 4.79 Å². The molecule has 0 aliphatic rings. The van der Waals surface area contributed by atoms with E-state index in [4.69, 9.17) is 0 Å². The van der Waals surface area contributed by atoms with Crippen molar-refractivity contribution in [3.63, 3.8) is 0 Å². The zero-order valence-electron chi connectivity index (χ0n) is 17.7. The van der Waals surface area contributed by atoms with E-state index in [1.165, 1.54) is 0 Å². The summed E-state index contributed by atoms with van der Waals surface area (Å²) in [7, 11) is 0. The van der Waals surface area contributed by atoms with Crippen LogP contribution < -0.4 is 4.80 Å². The zero-order valence-corrected chi connectivity index (χ0v) is 18.5. The average Bonchev–Trinajstić information content (AvgIpc) is 3.19. The molecule has 0 atom stereocenters. The van der Waals surface area contributed by atoms with Crippen LogP contribution in [-0.2, 0) is 0 Å². The number of thiazole rings is 1. The monoisotopic (exact) mass is 434 g/mol. The van der Waals surface area contributed by atoms with Crippen LogP contribution in [0.1, 0.15) is 33.1 Å². The molecule has 1 amide bonds. The van der Waals surface area contributed by atoms with Crippen LogP contribution in [0.4, 0.5) is 0 Å². The van der Waals surface area contributed by atoms with E-state index in [9.17, 15) is 4.79 Å². The SMILES string of the molecule is Cc1ccc(C(=O)N=c2sc3ccccc3n2C(c2ccccc2)c2ccccc2)cc1. The molecule has 5 rings (SSSR count). The molecule has 0 saturated heterocycles. The van der Waals surface area contributed by atoms with Crippen molar-refractivity contribution in [2.45, 2.75) is 13.0 Å². The first-order chi connectivity index (χ1) is 15.7. The summed E-state index contributed by atoms with van der Waals surface area (Å²) in [5, 5.41) is 0. The Kier molecular flexibility index (Phi) is 5.53. The third-order valence-electron chi connectivity index (χ3n) is 5.52. The fourth-order valence-corrected chi connectivity index (χ4v) is 4.97. The van der Waals surface area contributed by atoms with Crippen LogP contribution in [0.15, 0.2) is 114 Å². The second kappa shape index (κ2) is 8.77. The Morgan fingerprint density at radius 1 is 0.750 bits per heavy atom. The Labute approximate surface area is 191 Å². The van der Waals surface area contributed by atoms with Crippen LogP contribution in [0.3, 0.4) is 0 Å². The average molecular weight is 435 g/mol. The van der Waals surface area contributed by atoms with Gasteiger partial charge in [0.25, 0.3) is 5.91 Å². The van der Waals surface area contributed by atoms with Gasteiger partial charge in [-0.05, 0) is 42.3 Å². The molecule has 5 aromatic rings. The molecule has 0 aliphatic carbocycles. The molecular formula is C28H22N2OS. The molecular weight excluding hydrogens is 412 g/mol. The lowest BCUT2D eigenvalue weighted by molar-refractivity contribution is 0.0998. The molecule has 0 aliphatic heterocycles. The Balaban J connectivity index is 1.77. The molecule has 4 heteroatoms. The number of hydrogen-bond acceptors (Lipinski definition) is 2. The third kappa shape index (κ3) is 3.93. The summed E-state index contributed by atoms with van der Waals surface area (Å²) in [6.07, 6.45) is 0. The topological polar surface area (TPSA) is 34.4 Å². The van der Waals surface area contributed by atoms with E-state index in [0.29, 0.717) is 10.4 Å². The fraction of sp³-hybridized carbons (Fsp3) is 0.0714. The van der Waals surface area contributed by atoms with Gasteiger partial charge in [0.2, 0.25) is 0 Å². The predicted octanol–water partition coefficient (Wildman–Crippen LogP) is 6.39. The highest BCUT2D eigenvalue weighted by atomic mass is 32.1. The number of fused-ring (bicyclic) bond motifs is 1. The Morgan fingerprint density at radius 3 is 1.94 bits per heavy atom. The standard InChI is InChI=1S/C28H22N2OS/c1-20-16-18-23(19-17-20)27(31)29-28-30(24-14-8-9-15-25(24)32-28)26(21-10-4-2-5-11-21)22-12-6-3-7-13-22/h2-19,26H,1H3. The maximum atomic E-state index is 13.1. The molecule has 0 unspecified atom stereocenters. The van der Waals surface area contributed by atoms with Gasteiger partial charge in [0.1, 0.15) is 0 Å². The lowest BCUT2D eigenvalue weighted by Gasteiger charge is -2.21. The number of amides is 1. The maximum Gasteiger partial charge on any atom is 0.279 e.